The lowest BCUT2D eigenvalue weighted by molar-refractivity contribution is 0.162. The van der Waals surface area contributed by atoms with Crippen LogP contribution in [0.25, 0.3) is 0 Å². The highest BCUT2D eigenvalue weighted by Crippen LogP contribution is 2.17. The van der Waals surface area contributed by atoms with E-state index in [4.69, 9.17) is 0 Å². The van der Waals surface area contributed by atoms with Crippen LogP contribution in [0.3, 0.4) is 0 Å². The molecule has 0 fully saturated rings. The molecule has 64 valence electrons. The second kappa shape index (κ2) is 4.23. The highest BCUT2D eigenvalue weighted by atomic mass is 32.2. The van der Waals surface area contributed by atoms with Crippen LogP contribution in [0.15, 0.2) is 5.16 Å². The molecule has 0 spiro atoms. The summed E-state index contributed by atoms with van der Waals surface area (Å²) in [7, 11) is 0. The lowest BCUT2D eigenvalue weighted by Crippen LogP contribution is -2.17. The van der Waals surface area contributed by atoms with E-state index in [0.29, 0.717) is 0 Å². The molecule has 0 unspecified atom stereocenters. The van der Waals surface area contributed by atoms with Gasteiger partial charge in [0.15, 0.2) is 0 Å². The number of nitrogens with zero attached hydrogens (tertiary/aromatic N) is 1. The van der Waals surface area contributed by atoms with Crippen molar-refractivity contribution in [2.45, 2.75) is 18.6 Å². The highest BCUT2D eigenvalue weighted by Gasteiger charge is 2.12. The number of hydrogen-bond acceptors (Lipinski definition) is 4. The fourth-order valence-corrected chi connectivity index (χ4v) is 0.406. The average Bonchev–Trinajstić information content (AvgIpc) is 1.87. The number of rotatable bonds is 3. The van der Waals surface area contributed by atoms with Gasteiger partial charge in [-0.1, -0.05) is 5.16 Å². The zero-order valence-electron chi connectivity index (χ0n) is 6.83. The Balaban J connectivity index is 3.82. The van der Waals surface area contributed by atoms with E-state index in [0.717, 1.165) is 0 Å². The molecule has 0 bridgehead atoms. The summed E-state index contributed by atoms with van der Waals surface area (Å²) in [5.74, 6) is 0. The zero-order chi connectivity index (χ0) is 8.91. The van der Waals surface area contributed by atoms with E-state index in [2.05, 4.69) is 15.7 Å². The number of carbonyl (C=O) groups is 1. The fourth-order valence-electron chi connectivity index (χ4n) is 0.258. The van der Waals surface area contributed by atoms with Crippen LogP contribution in [0.5, 0.6) is 0 Å². The monoisotopic (exact) mass is 176 g/mol. The summed E-state index contributed by atoms with van der Waals surface area (Å²) in [5, 5.41) is 3.39. The van der Waals surface area contributed by atoms with Crippen LogP contribution in [0, 0.1) is 0 Å². The number of primary amides is 1. The van der Waals surface area contributed by atoms with Crippen molar-refractivity contribution in [3.8, 4) is 0 Å². The smallest absolute Gasteiger partial charge is 0.333 e. The first-order chi connectivity index (χ1) is 4.98. The maximum Gasteiger partial charge on any atom is 0.430 e. The third kappa shape index (κ3) is 5.72. The van der Waals surface area contributed by atoms with Gasteiger partial charge in [0.25, 0.3) is 0 Å². The van der Waals surface area contributed by atoms with Gasteiger partial charge in [0, 0.05) is 4.75 Å². The molecule has 0 heterocycles. The predicted octanol–water partition coefficient (Wildman–Crippen LogP) is 1.21. The molecule has 0 aromatic heterocycles. The second-order valence-corrected chi connectivity index (χ2v) is 3.91. The molecule has 0 aliphatic rings. The molecule has 0 rings (SSSR count). The average molecular weight is 176 g/mol. The molecule has 4 nitrogen and oxygen atoms in total. The van der Waals surface area contributed by atoms with Gasteiger partial charge in [0.1, 0.15) is 0 Å². The quantitative estimate of drug-likeness (QED) is 0.399. The van der Waals surface area contributed by atoms with Gasteiger partial charge in [0.05, 0.1) is 6.21 Å². The van der Waals surface area contributed by atoms with Gasteiger partial charge >= 0.3 is 6.09 Å². The first-order valence-electron chi connectivity index (χ1n) is 3.04. The van der Waals surface area contributed by atoms with Crippen LogP contribution in [-0.2, 0) is 4.84 Å². The molecule has 0 aromatic rings. The SMILES string of the molecule is CSC(C)(C)/C=N/OC(N)=O. The van der Waals surface area contributed by atoms with E-state index < -0.39 is 6.09 Å². The molecule has 0 aromatic carbocycles. The molecule has 0 aliphatic carbocycles. The minimum absolute atomic E-state index is 0.130. The minimum atomic E-state index is -0.891. The standard InChI is InChI=1S/C6H12N2O2S/c1-6(2,11-3)4-8-10-5(7)9/h4H,1-3H3,(H2,7,9)/b8-4+. The van der Waals surface area contributed by atoms with Crippen molar-refractivity contribution in [3.63, 3.8) is 0 Å². The van der Waals surface area contributed by atoms with Crippen molar-refractivity contribution >= 4 is 24.1 Å². The molecule has 1 amide bonds. The Morgan fingerprint density at radius 2 is 2.27 bits per heavy atom. The van der Waals surface area contributed by atoms with Crippen LogP contribution >= 0.6 is 11.8 Å². The Bertz CT molecular complexity index is 168. The summed E-state index contributed by atoms with van der Waals surface area (Å²) >= 11 is 1.60. The molecule has 0 aliphatic heterocycles. The number of hydrogen-bond donors (Lipinski definition) is 1. The summed E-state index contributed by atoms with van der Waals surface area (Å²) < 4.78 is -0.130. The van der Waals surface area contributed by atoms with Crippen molar-refractivity contribution < 1.29 is 9.63 Å². The fraction of sp³-hybridized carbons (Fsp3) is 0.667. The number of amides is 1. The Kier molecular flexibility index (Phi) is 3.95. The predicted molar refractivity (Wildman–Crippen MR) is 46.8 cm³/mol. The van der Waals surface area contributed by atoms with Crippen LogP contribution in [0.4, 0.5) is 4.79 Å². The van der Waals surface area contributed by atoms with Crippen molar-refractivity contribution in [1.82, 2.24) is 0 Å². The number of carbonyl (C=O) groups excluding carboxylic acids is 1. The lowest BCUT2D eigenvalue weighted by Gasteiger charge is -2.13. The zero-order valence-corrected chi connectivity index (χ0v) is 7.64. The van der Waals surface area contributed by atoms with Gasteiger partial charge in [0.2, 0.25) is 0 Å². The van der Waals surface area contributed by atoms with Crippen LogP contribution in [-0.4, -0.2) is 23.3 Å². The molecular weight excluding hydrogens is 164 g/mol. The first kappa shape index (κ1) is 10.3. The molecule has 5 heteroatoms. The Labute approximate surface area is 70.2 Å². The van der Waals surface area contributed by atoms with Crippen LogP contribution in [0.2, 0.25) is 0 Å². The minimum Gasteiger partial charge on any atom is -0.333 e. The maximum atomic E-state index is 10.1. The normalized spacial score (nSPS) is 11.9. The van der Waals surface area contributed by atoms with Gasteiger partial charge in [-0.15, -0.1) is 0 Å². The van der Waals surface area contributed by atoms with Gasteiger partial charge in [-0.2, -0.15) is 11.8 Å². The summed E-state index contributed by atoms with van der Waals surface area (Å²) in [6.07, 6.45) is 2.58. The van der Waals surface area contributed by atoms with Crippen molar-refractivity contribution in [2.24, 2.45) is 10.9 Å². The number of oxime groups is 1. The highest BCUT2D eigenvalue weighted by molar-refractivity contribution is 8.00. The second-order valence-electron chi connectivity index (χ2n) is 2.45. The third-order valence-corrected chi connectivity index (χ3v) is 2.19. The van der Waals surface area contributed by atoms with E-state index in [1.54, 1.807) is 11.8 Å². The molecular formula is C6H12N2O2S. The van der Waals surface area contributed by atoms with E-state index in [9.17, 15) is 4.79 Å². The largest absolute Gasteiger partial charge is 0.430 e. The van der Waals surface area contributed by atoms with Crippen LogP contribution in [0.1, 0.15) is 13.8 Å². The molecule has 0 saturated heterocycles. The molecule has 11 heavy (non-hydrogen) atoms. The maximum absolute atomic E-state index is 10.1. The number of nitrogens with two attached hydrogens (primary N) is 1. The topological polar surface area (TPSA) is 64.7 Å². The van der Waals surface area contributed by atoms with Crippen LogP contribution < -0.4 is 5.73 Å². The molecule has 0 saturated carbocycles. The summed E-state index contributed by atoms with van der Waals surface area (Å²) in [5.41, 5.74) is 4.68. The van der Waals surface area contributed by atoms with Gasteiger partial charge in [-0.05, 0) is 20.1 Å². The Morgan fingerprint density at radius 3 is 2.64 bits per heavy atom. The van der Waals surface area contributed by atoms with Gasteiger partial charge in [-0.3, -0.25) is 4.84 Å². The van der Waals surface area contributed by atoms with E-state index in [-0.39, 0.29) is 4.75 Å². The summed E-state index contributed by atoms with van der Waals surface area (Å²) in [4.78, 5) is 14.2. The van der Waals surface area contributed by atoms with E-state index in [1.165, 1.54) is 6.21 Å². The molecule has 0 radical (unpaired) electrons. The van der Waals surface area contributed by atoms with Gasteiger partial charge in [-0.25, -0.2) is 4.79 Å². The van der Waals surface area contributed by atoms with Crippen molar-refractivity contribution in [3.05, 3.63) is 0 Å². The first-order valence-corrected chi connectivity index (χ1v) is 4.26. The summed E-state index contributed by atoms with van der Waals surface area (Å²) in [6, 6.07) is 0. The van der Waals surface area contributed by atoms with Crippen molar-refractivity contribution in [2.75, 3.05) is 6.26 Å². The Hall–Kier alpha value is -0.710. The van der Waals surface area contributed by atoms with Gasteiger partial charge < -0.3 is 5.73 Å². The number of thioether (sulfide) groups is 1. The molecule has 2 N–H and O–H groups in total. The lowest BCUT2D eigenvalue weighted by atomic mass is 10.2. The van der Waals surface area contributed by atoms with E-state index in [1.807, 2.05) is 20.1 Å². The summed E-state index contributed by atoms with van der Waals surface area (Å²) in [6.45, 7) is 3.90. The van der Waals surface area contributed by atoms with E-state index >= 15 is 0 Å². The Morgan fingerprint density at radius 1 is 1.73 bits per heavy atom. The third-order valence-electron chi connectivity index (χ3n) is 1.03. The van der Waals surface area contributed by atoms with Crippen molar-refractivity contribution in [1.29, 1.82) is 0 Å². The molecule has 0 atom stereocenters.